The van der Waals surface area contributed by atoms with E-state index in [0.717, 1.165) is 5.52 Å². The number of alkyl halides is 3. The van der Waals surface area contributed by atoms with Crippen molar-refractivity contribution in [1.29, 1.82) is 0 Å². The van der Waals surface area contributed by atoms with E-state index in [9.17, 15) is 18.3 Å². The molecule has 0 aromatic carbocycles. The summed E-state index contributed by atoms with van der Waals surface area (Å²) in [6.45, 7) is 2.80. The molecule has 3 aromatic heterocycles. The Morgan fingerprint density at radius 2 is 2.03 bits per heavy atom. The predicted octanol–water partition coefficient (Wildman–Crippen LogP) is 5.11. The Labute approximate surface area is 205 Å². The van der Waals surface area contributed by atoms with Crippen molar-refractivity contribution in [2.24, 2.45) is 5.92 Å². The molecule has 3 aromatic rings. The Balaban J connectivity index is 1.44. The van der Waals surface area contributed by atoms with E-state index in [1.54, 1.807) is 19.2 Å². The highest BCUT2D eigenvalue weighted by atomic mass is 35.5. The summed E-state index contributed by atoms with van der Waals surface area (Å²) in [6.07, 6.45) is 0.241. The van der Waals surface area contributed by atoms with E-state index in [2.05, 4.69) is 15.0 Å². The molecule has 2 aliphatic rings. The quantitative estimate of drug-likeness (QED) is 0.480. The maximum Gasteiger partial charge on any atom is 0.391 e. The number of rotatable bonds is 5. The monoisotopic (exact) mass is 510 g/mol. The van der Waals surface area contributed by atoms with Crippen molar-refractivity contribution < 1.29 is 27.8 Å². The number of hydrogen-bond donors (Lipinski definition) is 1. The van der Waals surface area contributed by atoms with Crippen LogP contribution < -0.4 is 4.74 Å². The molecule has 1 saturated carbocycles. The highest BCUT2D eigenvalue weighted by Crippen LogP contribution is 2.39. The van der Waals surface area contributed by atoms with Crippen molar-refractivity contribution in [1.82, 2.24) is 19.5 Å². The third-order valence-electron chi connectivity index (χ3n) is 6.81. The van der Waals surface area contributed by atoms with Crippen LogP contribution >= 0.6 is 11.6 Å². The first-order valence-electron chi connectivity index (χ1n) is 11.6. The van der Waals surface area contributed by atoms with E-state index in [4.69, 9.17) is 21.1 Å². The number of aliphatic hydroxyl groups is 1. The van der Waals surface area contributed by atoms with E-state index < -0.39 is 17.7 Å². The number of pyridine rings is 1. The fourth-order valence-electron chi connectivity index (χ4n) is 4.99. The average molecular weight is 511 g/mol. The molecule has 2 fully saturated rings. The molecule has 7 nitrogen and oxygen atoms in total. The molecule has 0 amide bonds. The van der Waals surface area contributed by atoms with Gasteiger partial charge in [0.25, 0.3) is 0 Å². The molecule has 1 N–H and O–H groups in total. The summed E-state index contributed by atoms with van der Waals surface area (Å²) in [5.74, 6) is -0.497. The van der Waals surface area contributed by atoms with Crippen molar-refractivity contribution >= 4 is 22.5 Å². The molecular formula is C24H26ClF3N4O3. The number of halogens is 4. The standard InChI is InChI=1S/C24H26ClF3N4O3/c1-14-30-18(10-20(31-14)35-16-4-2-15(3-5-16)24(26,27)28)17-11-32(12-23(33)7-9-34-13-23)19-6-8-29-22(25)21(17)19/h6,8,10-11,15-16,33H,2-5,7,9,12-13H2,1H3. The summed E-state index contributed by atoms with van der Waals surface area (Å²) >= 11 is 6.48. The SMILES string of the molecule is Cc1nc(OC2CCC(C(F)(F)F)CC2)cc(-c2cn(CC3(O)CCOC3)c3ccnc(Cl)c23)n1. The predicted molar refractivity (Wildman–Crippen MR) is 123 cm³/mol. The molecule has 1 aliphatic carbocycles. The lowest BCUT2D eigenvalue weighted by Crippen LogP contribution is -2.34. The zero-order valence-electron chi connectivity index (χ0n) is 19.2. The Morgan fingerprint density at radius 1 is 1.26 bits per heavy atom. The number of aromatic nitrogens is 4. The van der Waals surface area contributed by atoms with Crippen molar-refractivity contribution in [2.75, 3.05) is 13.2 Å². The fraction of sp³-hybridized carbons (Fsp3) is 0.542. The Hall–Kier alpha value is -2.43. The topological polar surface area (TPSA) is 82.3 Å². The first-order valence-corrected chi connectivity index (χ1v) is 12.0. The lowest BCUT2D eigenvalue weighted by molar-refractivity contribution is -0.185. The van der Waals surface area contributed by atoms with Gasteiger partial charge < -0.3 is 19.1 Å². The van der Waals surface area contributed by atoms with Gasteiger partial charge in [-0.1, -0.05) is 11.6 Å². The minimum absolute atomic E-state index is 0.0481. The van der Waals surface area contributed by atoms with Gasteiger partial charge in [0.1, 0.15) is 22.7 Å². The van der Waals surface area contributed by atoms with Crippen LogP contribution in [0.5, 0.6) is 5.88 Å². The summed E-state index contributed by atoms with van der Waals surface area (Å²) in [5, 5.41) is 11.9. The zero-order chi connectivity index (χ0) is 24.8. The summed E-state index contributed by atoms with van der Waals surface area (Å²) < 4.78 is 52.3. The van der Waals surface area contributed by atoms with Crippen LogP contribution in [0.4, 0.5) is 13.2 Å². The first kappa shape index (κ1) is 24.3. The van der Waals surface area contributed by atoms with Gasteiger partial charge >= 0.3 is 6.18 Å². The molecule has 11 heteroatoms. The lowest BCUT2D eigenvalue weighted by Gasteiger charge is -2.29. The van der Waals surface area contributed by atoms with Crippen LogP contribution in [0.3, 0.4) is 0 Å². The van der Waals surface area contributed by atoms with Crippen LogP contribution in [0.1, 0.15) is 37.9 Å². The van der Waals surface area contributed by atoms with Gasteiger partial charge in [0, 0.05) is 42.4 Å². The summed E-state index contributed by atoms with van der Waals surface area (Å²) in [7, 11) is 0. The maximum absolute atomic E-state index is 13.0. The third-order valence-corrected chi connectivity index (χ3v) is 7.10. The van der Waals surface area contributed by atoms with Gasteiger partial charge in [0.2, 0.25) is 5.88 Å². The van der Waals surface area contributed by atoms with Crippen LogP contribution in [0, 0.1) is 12.8 Å². The van der Waals surface area contributed by atoms with E-state index in [0.29, 0.717) is 65.9 Å². The second kappa shape index (κ2) is 9.22. The maximum atomic E-state index is 13.0. The smallest absolute Gasteiger partial charge is 0.391 e. The largest absolute Gasteiger partial charge is 0.474 e. The number of aryl methyl sites for hydroxylation is 1. The van der Waals surface area contributed by atoms with E-state index in [-0.39, 0.29) is 25.6 Å². The van der Waals surface area contributed by atoms with E-state index in [1.807, 2.05) is 16.8 Å². The molecule has 35 heavy (non-hydrogen) atoms. The number of fused-ring (bicyclic) bond motifs is 1. The number of nitrogens with zero attached hydrogens (tertiary/aromatic N) is 4. The Bertz CT molecular complexity index is 1220. The molecule has 0 spiro atoms. The van der Waals surface area contributed by atoms with Gasteiger partial charge in [-0.15, -0.1) is 0 Å². The second-order valence-electron chi connectivity index (χ2n) is 9.47. The molecule has 0 radical (unpaired) electrons. The fourth-order valence-corrected chi connectivity index (χ4v) is 5.24. The van der Waals surface area contributed by atoms with Crippen LogP contribution in [-0.4, -0.2) is 55.7 Å². The molecule has 1 saturated heterocycles. The normalized spacial score (nSPS) is 25.3. The molecule has 1 aliphatic heterocycles. The minimum Gasteiger partial charge on any atom is -0.474 e. The second-order valence-corrected chi connectivity index (χ2v) is 9.82. The highest BCUT2D eigenvalue weighted by molar-refractivity contribution is 6.35. The van der Waals surface area contributed by atoms with Crippen LogP contribution in [0.25, 0.3) is 22.2 Å². The summed E-state index contributed by atoms with van der Waals surface area (Å²) in [4.78, 5) is 13.1. The van der Waals surface area contributed by atoms with Gasteiger partial charge in [0.05, 0.1) is 30.3 Å². The van der Waals surface area contributed by atoms with Crippen molar-refractivity contribution in [3.63, 3.8) is 0 Å². The van der Waals surface area contributed by atoms with Crippen molar-refractivity contribution in [2.45, 2.75) is 63.5 Å². The van der Waals surface area contributed by atoms with E-state index in [1.165, 1.54) is 0 Å². The molecule has 5 rings (SSSR count). The van der Waals surface area contributed by atoms with E-state index >= 15 is 0 Å². The minimum atomic E-state index is -4.16. The Kier molecular flexibility index (Phi) is 6.39. The lowest BCUT2D eigenvalue weighted by atomic mass is 9.87. The molecular weight excluding hydrogens is 485 g/mol. The van der Waals surface area contributed by atoms with Crippen LogP contribution in [-0.2, 0) is 11.3 Å². The zero-order valence-corrected chi connectivity index (χ0v) is 19.9. The molecule has 1 atom stereocenters. The molecule has 188 valence electrons. The molecule has 1 unspecified atom stereocenters. The van der Waals surface area contributed by atoms with Gasteiger partial charge in [0.15, 0.2) is 0 Å². The first-order chi connectivity index (χ1) is 16.6. The summed E-state index contributed by atoms with van der Waals surface area (Å²) in [6, 6.07) is 3.51. The van der Waals surface area contributed by atoms with Gasteiger partial charge in [-0.2, -0.15) is 18.2 Å². The number of hydrogen-bond acceptors (Lipinski definition) is 6. The highest BCUT2D eigenvalue weighted by Gasteiger charge is 2.42. The van der Waals surface area contributed by atoms with Crippen LogP contribution in [0.2, 0.25) is 5.15 Å². The molecule has 0 bridgehead atoms. The number of ether oxygens (including phenoxy) is 2. The molecule has 4 heterocycles. The average Bonchev–Trinajstić information content (AvgIpc) is 3.38. The van der Waals surface area contributed by atoms with Crippen molar-refractivity contribution in [3.8, 4) is 17.1 Å². The van der Waals surface area contributed by atoms with Crippen molar-refractivity contribution in [3.05, 3.63) is 35.5 Å². The Morgan fingerprint density at radius 3 is 2.71 bits per heavy atom. The third kappa shape index (κ3) is 5.10. The summed E-state index contributed by atoms with van der Waals surface area (Å²) in [5.41, 5.74) is 1.08. The van der Waals surface area contributed by atoms with Crippen LogP contribution in [0.15, 0.2) is 24.5 Å². The van der Waals surface area contributed by atoms with Gasteiger partial charge in [-0.25, -0.2) is 9.97 Å². The van der Waals surface area contributed by atoms with Gasteiger partial charge in [-0.3, -0.25) is 0 Å². The van der Waals surface area contributed by atoms with Gasteiger partial charge in [-0.05, 0) is 38.7 Å².